The van der Waals surface area contributed by atoms with E-state index in [1.165, 1.54) is 4.90 Å². The number of benzene rings is 2. The van der Waals surface area contributed by atoms with Crippen LogP contribution in [0.15, 0.2) is 54.6 Å². The van der Waals surface area contributed by atoms with Crippen molar-refractivity contribution in [3.63, 3.8) is 0 Å². The highest BCUT2D eigenvalue weighted by molar-refractivity contribution is 5.99. The molecule has 166 valence electrons. The number of carbonyl (C=O) groups excluding carboxylic acids is 3. The van der Waals surface area contributed by atoms with Gasteiger partial charge in [-0.3, -0.25) is 19.3 Å². The molecule has 1 amide bonds. The Balaban J connectivity index is 1.81. The molecule has 0 atom stereocenters. The van der Waals surface area contributed by atoms with Gasteiger partial charge in [0.25, 0.3) is 5.91 Å². The molecule has 0 bridgehead atoms. The molecule has 2 rings (SSSR count). The number of ether oxygens (including phenoxy) is 4. The molecule has 0 radical (unpaired) electrons. The molecule has 8 nitrogen and oxygen atoms in total. The molecule has 0 saturated heterocycles. The van der Waals surface area contributed by atoms with Gasteiger partial charge < -0.3 is 18.9 Å². The average molecular weight is 429 g/mol. The monoisotopic (exact) mass is 429 g/mol. The highest BCUT2D eigenvalue weighted by Gasteiger charge is 2.21. The first-order valence-electron chi connectivity index (χ1n) is 10.1. The van der Waals surface area contributed by atoms with Gasteiger partial charge in [0.05, 0.1) is 26.2 Å². The SMILES string of the molecule is CCOC(=O)CN(C(=O)COC(=O)CCOc1ccc(OCC)cc1)c1ccccc1. The Morgan fingerprint density at radius 1 is 0.774 bits per heavy atom. The maximum Gasteiger partial charge on any atom is 0.326 e. The molecule has 31 heavy (non-hydrogen) atoms. The minimum atomic E-state index is -0.580. The van der Waals surface area contributed by atoms with Gasteiger partial charge in [-0.1, -0.05) is 18.2 Å². The number of para-hydroxylation sites is 1. The maximum absolute atomic E-state index is 12.6. The van der Waals surface area contributed by atoms with Crippen molar-refractivity contribution in [2.24, 2.45) is 0 Å². The van der Waals surface area contributed by atoms with E-state index >= 15 is 0 Å². The van der Waals surface area contributed by atoms with E-state index in [-0.39, 0.29) is 26.2 Å². The molecule has 2 aromatic rings. The van der Waals surface area contributed by atoms with Crippen LogP contribution in [0.1, 0.15) is 20.3 Å². The molecule has 0 saturated carbocycles. The van der Waals surface area contributed by atoms with Crippen LogP contribution in [0.5, 0.6) is 11.5 Å². The van der Waals surface area contributed by atoms with Crippen LogP contribution in [0.25, 0.3) is 0 Å². The average Bonchev–Trinajstić information content (AvgIpc) is 2.78. The number of hydrogen-bond donors (Lipinski definition) is 0. The minimum absolute atomic E-state index is 0.0241. The van der Waals surface area contributed by atoms with Crippen LogP contribution in [-0.2, 0) is 23.9 Å². The Morgan fingerprint density at radius 3 is 2.03 bits per heavy atom. The summed E-state index contributed by atoms with van der Waals surface area (Å²) in [6.45, 7) is 3.71. The summed E-state index contributed by atoms with van der Waals surface area (Å²) in [6, 6.07) is 15.7. The summed E-state index contributed by atoms with van der Waals surface area (Å²) in [6.07, 6.45) is -0.0241. The Kier molecular flexibility index (Phi) is 9.87. The molecule has 0 aromatic heterocycles. The van der Waals surface area contributed by atoms with E-state index in [2.05, 4.69) is 0 Å². The summed E-state index contributed by atoms with van der Waals surface area (Å²) in [5.74, 6) is -0.325. The second-order valence-electron chi connectivity index (χ2n) is 6.28. The summed E-state index contributed by atoms with van der Waals surface area (Å²) in [5, 5.41) is 0. The first-order chi connectivity index (χ1) is 15.0. The Hall–Kier alpha value is -3.55. The quantitative estimate of drug-likeness (QED) is 0.479. The topological polar surface area (TPSA) is 91.4 Å². The summed E-state index contributed by atoms with van der Waals surface area (Å²) in [7, 11) is 0. The van der Waals surface area contributed by atoms with Gasteiger partial charge in [0, 0.05) is 5.69 Å². The van der Waals surface area contributed by atoms with Crippen molar-refractivity contribution >= 4 is 23.5 Å². The lowest BCUT2D eigenvalue weighted by atomic mass is 10.3. The van der Waals surface area contributed by atoms with Crippen molar-refractivity contribution < 1.29 is 33.3 Å². The molecule has 0 aliphatic rings. The minimum Gasteiger partial charge on any atom is -0.494 e. The zero-order chi connectivity index (χ0) is 22.5. The fraction of sp³-hybridized carbons (Fsp3) is 0.348. The highest BCUT2D eigenvalue weighted by atomic mass is 16.5. The van der Waals surface area contributed by atoms with Crippen LogP contribution < -0.4 is 14.4 Å². The predicted octanol–water partition coefficient (Wildman–Crippen LogP) is 2.99. The fourth-order valence-corrected chi connectivity index (χ4v) is 2.61. The van der Waals surface area contributed by atoms with E-state index in [4.69, 9.17) is 18.9 Å². The normalized spacial score (nSPS) is 10.1. The summed E-state index contributed by atoms with van der Waals surface area (Å²) in [4.78, 5) is 37.6. The first kappa shape index (κ1) is 23.7. The number of carbonyl (C=O) groups is 3. The molecular weight excluding hydrogens is 402 g/mol. The Bertz CT molecular complexity index is 837. The van der Waals surface area contributed by atoms with Gasteiger partial charge in [-0.2, -0.15) is 0 Å². The number of nitrogens with zero attached hydrogens (tertiary/aromatic N) is 1. The lowest BCUT2D eigenvalue weighted by Gasteiger charge is -2.21. The van der Waals surface area contributed by atoms with E-state index in [1.807, 2.05) is 6.92 Å². The van der Waals surface area contributed by atoms with Crippen molar-refractivity contribution in [2.45, 2.75) is 20.3 Å². The third-order valence-corrected chi connectivity index (χ3v) is 4.03. The molecule has 0 aliphatic carbocycles. The zero-order valence-corrected chi connectivity index (χ0v) is 17.7. The standard InChI is InChI=1S/C23H27NO7/c1-3-28-19-10-12-20(13-11-19)30-15-14-22(26)31-17-21(25)24(16-23(27)29-4-2)18-8-6-5-7-9-18/h5-13H,3-4,14-17H2,1-2H3. The van der Waals surface area contributed by atoms with Gasteiger partial charge in [0.1, 0.15) is 18.0 Å². The highest BCUT2D eigenvalue weighted by Crippen LogP contribution is 2.18. The van der Waals surface area contributed by atoms with Crippen LogP contribution >= 0.6 is 0 Å². The molecule has 0 spiro atoms. The number of amides is 1. The molecule has 0 N–H and O–H groups in total. The van der Waals surface area contributed by atoms with Gasteiger partial charge in [-0.15, -0.1) is 0 Å². The lowest BCUT2D eigenvalue weighted by Crippen LogP contribution is -2.39. The van der Waals surface area contributed by atoms with Crippen LogP contribution in [0.2, 0.25) is 0 Å². The first-order valence-corrected chi connectivity index (χ1v) is 10.1. The van der Waals surface area contributed by atoms with Crippen LogP contribution in [0.3, 0.4) is 0 Å². The van der Waals surface area contributed by atoms with E-state index in [0.717, 1.165) is 5.75 Å². The summed E-state index contributed by atoms with van der Waals surface area (Å²) < 4.78 is 20.8. The largest absolute Gasteiger partial charge is 0.494 e. The number of anilines is 1. The third kappa shape index (κ3) is 8.38. The van der Waals surface area contributed by atoms with E-state index in [0.29, 0.717) is 18.0 Å². The van der Waals surface area contributed by atoms with E-state index < -0.39 is 24.5 Å². The predicted molar refractivity (Wildman–Crippen MR) is 114 cm³/mol. The van der Waals surface area contributed by atoms with Crippen LogP contribution in [0.4, 0.5) is 5.69 Å². The van der Waals surface area contributed by atoms with Crippen molar-refractivity contribution in [1.29, 1.82) is 0 Å². The number of esters is 2. The van der Waals surface area contributed by atoms with E-state index in [1.54, 1.807) is 61.5 Å². The fourth-order valence-electron chi connectivity index (χ4n) is 2.61. The molecule has 0 unspecified atom stereocenters. The van der Waals surface area contributed by atoms with Gasteiger partial charge in [0.2, 0.25) is 0 Å². The molecule has 0 heterocycles. The molecular formula is C23H27NO7. The Labute approximate surface area is 181 Å². The Morgan fingerprint density at radius 2 is 1.42 bits per heavy atom. The third-order valence-electron chi connectivity index (χ3n) is 4.03. The summed E-state index contributed by atoms with van der Waals surface area (Å²) in [5.41, 5.74) is 0.510. The van der Waals surface area contributed by atoms with Gasteiger partial charge in [0.15, 0.2) is 6.61 Å². The maximum atomic E-state index is 12.6. The van der Waals surface area contributed by atoms with Gasteiger partial charge in [-0.25, -0.2) is 0 Å². The second-order valence-corrected chi connectivity index (χ2v) is 6.28. The summed E-state index contributed by atoms with van der Waals surface area (Å²) >= 11 is 0. The number of hydrogen-bond acceptors (Lipinski definition) is 7. The number of rotatable bonds is 12. The van der Waals surface area contributed by atoms with Crippen molar-refractivity contribution in [3.05, 3.63) is 54.6 Å². The molecule has 8 heteroatoms. The van der Waals surface area contributed by atoms with Crippen LogP contribution in [-0.4, -0.2) is 50.8 Å². The van der Waals surface area contributed by atoms with E-state index in [9.17, 15) is 14.4 Å². The lowest BCUT2D eigenvalue weighted by molar-refractivity contribution is -0.148. The van der Waals surface area contributed by atoms with Crippen LogP contribution in [0, 0.1) is 0 Å². The van der Waals surface area contributed by atoms with Crippen molar-refractivity contribution in [3.8, 4) is 11.5 Å². The smallest absolute Gasteiger partial charge is 0.326 e. The molecule has 0 aliphatic heterocycles. The molecule has 2 aromatic carbocycles. The van der Waals surface area contributed by atoms with Crippen molar-refractivity contribution in [2.75, 3.05) is 37.9 Å². The zero-order valence-electron chi connectivity index (χ0n) is 17.7. The van der Waals surface area contributed by atoms with Crippen molar-refractivity contribution in [1.82, 2.24) is 0 Å². The molecule has 0 fully saturated rings. The van der Waals surface area contributed by atoms with Gasteiger partial charge in [-0.05, 0) is 50.2 Å². The van der Waals surface area contributed by atoms with Gasteiger partial charge >= 0.3 is 11.9 Å². The second kappa shape index (κ2) is 12.9.